The van der Waals surface area contributed by atoms with Crippen molar-refractivity contribution in [2.45, 2.75) is 12.0 Å². The van der Waals surface area contributed by atoms with Crippen LogP contribution < -0.4 is 5.32 Å². The van der Waals surface area contributed by atoms with Gasteiger partial charge in [-0.25, -0.2) is 8.78 Å². The fourth-order valence-electron chi connectivity index (χ4n) is 2.41. The number of nitrogens with zero attached hydrogens (tertiary/aromatic N) is 1. The monoisotopic (exact) mass is 382 g/mol. The molecule has 0 aliphatic carbocycles. The first-order chi connectivity index (χ1) is 9.06. The molecule has 1 fully saturated rings. The van der Waals surface area contributed by atoms with Crippen LogP contribution in [0, 0.1) is 3.57 Å². The third kappa shape index (κ3) is 3.42. The van der Waals surface area contributed by atoms with E-state index >= 15 is 0 Å². The number of rotatable bonds is 4. The molecule has 1 aromatic rings. The van der Waals surface area contributed by atoms with Gasteiger partial charge in [-0.3, -0.25) is 4.90 Å². The standard InChI is InChI=1S/C13H17F2IN2O/c14-13(15,9-19)12(18-7-5-17-6-8-18)10-3-1-2-4-11(10)16/h1-4,12,17,19H,5-9H2/t12-/m1/s1. The van der Waals surface area contributed by atoms with Gasteiger partial charge in [0.1, 0.15) is 12.6 Å². The highest BCUT2D eigenvalue weighted by molar-refractivity contribution is 14.1. The van der Waals surface area contributed by atoms with Crippen LogP contribution in [0.3, 0.4) is 0 Å². The first kappa shape index (κ1) is 15.1. The lowest BCUT2D eigenvalue weighted by atomic mass is 9.98. The summed E-state index contributed by atoms with van der Waals surface area (Å²) in [6.07, 6.45) is 0. The number of nitrogens with one attached hydrogen (secondary N) is 1. The Balaban J connectivity index is 2.36. The minimum absolute atomic E-state index is 0.561. The molecule has 0 bridgehead atoms. The summed E-state index contributed by atoms with van der Waals surface area (Å²) in [6.45, 7) is 1.38. The second-order valence-corrected chi connectivity index (χ2v) is 5.79. The van der Waals surface area contributed by atoms with E-state index in [9.17, 15) is 8.78 Å². The topological polar surface area (TPSA) is 35.5 Å². The molecule has 19 heavy (non-hydrogen) atoms. The number of aliphatic hydroxyl groups excluding tert-OH is 1. The molecule has 0 aromatic heterocycles. The van der Waals surface area contributed by atoms with Gasteiger partial charge in [0.25, 0.3) is 5.92 Å². The maximum absolute atomic E-state index is 14.2. The quantitative estimate of drug-likeness (QED) is 0.781. The Labute approximate surface area is 125 Å². The smallest absolute Gasteiger partial charge is 0.289 e. The van der Waals surface area contributed by atoms with E-state index in [1.54, 1.807) is 17.0 Å². The van der Waals surface area contributed by atoms with E-state index in [1.165, 1.54) is 0 Å². The average Bonchev–Trinajstić information content (AvgIpc) is 2.42. The van der Waals surface area contributed by atoms with Crippen LogP contribution in [0.15, 0.2) is 24.3 Å². The molecule has 2 rings (SSSR count). The maximum atomic E-state index is 14.2. The fourth-order valence-corrected chi connectivity index (χ4v) is 3.10. The fraction of sp³-hybridized carbons (Fsp3) is 0.538. The summed E-state index contributed by atoms with van der Waals surface area (Å²) in [5.41, 5.74) is 0.587. The van der Waals surface area contributed by atoms with E-state index < -0.39 is 18.6 Å². The van der Waals surface area contributed by atoms with Gasteiger partial charge < -0.3 is 10.4 Å². The van der Waals surface area contributed by atoms with E-state index in [0.29, 0.717) is 31.7 Å². The van der Waals surface area contributed by atoms with Gasteiger partial charge in [-0.05, 0) is 34.2 Å². The molecule has 0 radical (unpaired) electrons. The number of piperazine rings is 1. The van der Waals surface area contributed by atoms with Gasteiger partial charge in [-0.1, -0.05) is 18.2 Å². The first-order valence-electron chi connectivity index (χ1n) is 6.24. The molecule has 1 atom stereocenters. The first-order valence-corrected chi connectivity index (χ1v) is 7.32. The van der Waals surface area contributed by atoms with Crippen LogP contribution in [0.1, 0.15) is 11.6 Å². The van der Waals surface area contributed by atoms with Crippen LogP contribution in [0.4, 0.5) is 8.78 Å². The Morgan fingerprint density at radius 3 is 2.53 bits per heavy atom. The number of halogens is 3. The van der Waals surface area contributed by atoms with Crippen molar-refractivity contribution in [3.05, 3.63) is 33.4 Å². The molecule has 1 heterocycles. The highest BCUT2D eigenvalue weighted by Gasteiger charge is 2.44. The number of hydrogen-bond donors (Lipinski definition) is 2. The second-order valence-electron chi connectivity index (χ2n) is 4.63. The molecule has 2 N–H and O–H groups in total. The summed E-state index contributed by atoms with van der Waals surface area (Å²) in [4.78, 5) is 1.75. The summed E-state index contributed by atoms with van der Waals surface area (Å²) >= 11 is 2.07. The van der Waals surface area contributed by atoms with Crippen molar-refractivity contribution in [2.75, 3.05) is 32.8 Å². The molecule has 6 heteroatoms. The third-order valence-corrected chi connectivity index (χ3v) is 4.31. The van der Waals surface area contributed by atoms with Crippen molar-refractivity contribution >= 4 is 22.6 Å². The molecule has 1 aliphatic rings. The average molecular weight is 382 g/mol. The Morgan fingerprint density at radius 2 is 1.95 bits per heavy atom. The molecular weight excluding hydrogens is 365 g/mol. The SMILES string of the molecule is OCC(F)(F)[C@@H](c1ccccc1I)N1CCNCC1. The Morgan fingerprint density at radius 1 is 1.32 bits per heavy atom. The normalized spacial score (nSPS) is 19.4. The van der Waals surface area contributed by atoms with E-state index in [0.717, 1.165) is 3.57 Å². The minimum Gasteiger partial charge on any atom is -0.390 e. The molecule has 0 amide bonds. The summed E-state index contributed by atoms with van der Waals surface area (Å²) in [6, 6.07) is 6.07. The van der Waals surface area contributed by atoms with Crippen molar-refractivity contribution in [3.8, 4) is 0 Å². The molecule has 0 saturated carbocycles. The lowest BCUT2D eigenvalue weighted by Gasteiger charge is -2.39. The zero-order chi connectivity index (χ0) is 13.9. The summed E-state index contributed by atoms with van der Waals surface area (Å²) in [7, 11) is 0. The van der Waals surface area contributed by atoms with Crippen LogP contribution in [0.25, 0.3) is 0 Å². The van der Waals surface area contributed by atoms with Gasteiger partial charge in [0.2, 0.25) is 0 Å². The van der Waals surface area contributed by atoms with Crippen LogP contribution in [-0.2, 0) is 0 Å². The third-order valence-electron chi connectivity index (χ3n) is 3.33. The predicted molar refractivity (Wildman–Crippen MR) is 78.4 cm³/mol. The highest BCUT2D eigenvalue weighted by atomic mass is 127. The minimum atomic E-state index is -3.14. The van der Waals surface area contributed by atoms with Crippen LogP contribution >= 0.6 is 22.6 Å². The van der Waals surface area contributed by atoms with Crippen molar-refractivity contribution in [1.29, 1.82) is 0 Å². The zero-order valence-corrected chi connectivity index (χ0v) is 12.6. The molecule has 0 spiro atoms. The zero-order valence-electron chi connectivity index (χ0n) is 10.5. The summed E-state index contributed by atoms with van der Waals surface area (Å²) < 4.78 is 29.1. The summed E-state index contributed by atoms with van der Waals surface area (Å²) in [5, 5.41) is 12.2. The van der Waals surface area contributed by atoms with Crippen molar-refractivity contribution in [1.82, 2.24) is 10.2 Å². The number of benzene rings is 1. The Kier molecular flexibility index (Phi) is 5.10. The van der Waals surface area contributed by atoms with Gasteiger partial charge in [0.05, 0.1) is 0 Å². The van der Waals surface area contributed by atoms with Gasteiger partial charge in [-0.2, -0.15) is 0 Å². The predicted octanol–water partition coefficient (Wildman–Crippen LogP) is 1.87. The van der Waals surface area contributed by atoms with Crippen LogP contribution in [0.2, 0.25) is 0 Å². The number of aliphatic hydroxyl groups is 1. The van der Waals surface area contributed by atoms with Gasteiger partial charge in [0.15, 0.2) is 0 Å². The maximum Gasteiger partial charge on any atom is 0.289 e. The Hall–Kier alpha value is -0.310. The lowest BCUT2D eigenvalue weighted by Crippen LogP contribution is -2.51. The van der Waals surface area contributed by atoms with Crippen LogP contribution in [0.5, 0.6) is 0 Å². The van der Waals surface area contributed by atoms with E-state index in [4.69, 9.17) is 5.11 Å². The largest absolute Gasteiger partial charge is 0.390 e. The molecular formula is C13H17F2IN2O. The molecule has 3 nitrogen and oxygen atoms in total. The second kappa shape index (κ2) is 6.43. The van der Waals surface area contributed by atoms with Crippen molar-refractivity contribution in [2.24, 2.45) is 0 Å². The number of alkyl halides is 2. The molecule has 1 aromatic carbocycles. The van der Waals surface area contributed by atoms with E-state index in [-0.39, 0.29) is 0 Å². The molecule has 0 unspecified atom stereocenters. The lowest BCUT2D eigenvalue weighted by molar-refractivity contribution is -0.118. The van der Waals surface area contributed by atoms with Crippen molar-refractivity contribution < 1.29 is 13.9 Å². The van der Waals surface area contributed by atoms with E-state index in [2.05, 4.69) is 27.9 Å². The molecule has 1 saturated heterocycles. The van der Waals surface area contributed by atoms with Gasteiger partial charge >= 0.3 is 0 Å². The van der Waals surface area contributed by atoms with Crippen LogP contribution in [-0.4, -0.2) is 48.7 Å². The van der Waals surface area contributed by atoms with Gasteiger partial charge in [-0.15, -0.1) is 0 Å². The molecule has 106 valence electrons. The number of hydrogen-bond acceptors (Lipinski definition) is 3. The summed E-state index contributed by atoms with van der Waals surface area (Å²) in [5.74, 6) is -3.14. The highest BCUT2D eigenvalue weighted by Crippen LogP contribution is 2.38. The van der Waals surface area contributed by atoms with Gasteiger partial charge in [0, 0.05) is 29.7 Å². The van der Waals surface area contributed by atoms with E-state index in [1.807, 2.05) is 12.1 Å². The Bertz CT molecular complexity index is 425. The molecule has 1 aliphatic heterocycles. The van der Waals surface area contributed by atoms with Crippen molar-refractivity contribution in [3.63, 3.8) is 0 Å².